The molecule has 21 heavy (non-hydrogen) atoms. The molecule has 3 rings (SSSR count). The van der Waals surface area contributed by atoms with Gasteiger partial charge >= 0.3 is 5.97 Å². The molecule has 1 aliphatic carbocycles. The molecule has 2 aromatic carbocycles. The van der Waals surface area contributed by atoms with Gasteiger partial charge in [0.05, 0.1) is 5.92 Å². The van der Waals surface area contributed by atoms with Gasteiger partial charge in [0.1, 0.15) is 0 Å². The van der Waals surface area contributed by atoms with Crippen molar-refractivity contribution in [3.8, 4) is 0 Å². The van der Waals surface area contributed by atoms with E-state index in [4.69, 9.17) is 0 Å². The molecule has 0 saturated carbocycles. The van der Waals surface area contributed by atoms with Crippen LogP contribution in [0.5, 0.6) is 0 Å². The number of carboxylic acid groups (broad SMARTS) is 1. The molecule has 0 heterocycles. The Morgan fingerprint density at radius 3 is 2.67 bits per heavy atom. The Balaban J connectivity index is 1.90. The van der Waals surface area contributed by atoms with E-state index in [0.717, 1.165) is 28.4 Å². The summed E-state index contributed by atoms with van der Waals surface area (Å²) >= 11 is 3.46. The maximum Gasteiger partial charge on any atom is 0.311 e. The predicted octanol–water partition coefficient (Wildman–Crippen LogP) is 4.35. The van der Waals surface area contributed by atoms with Crippen molar-refractivity contribution >= 4 is 21.9 Å². The number of hydrogen-bond acceptors (Lipinski definition) is 1. The fourth-order valence-electron chi connectivity index (χ4n) is 3.08. The maximum atomic E-state index is 11.7. The standard InChI is InChI=1S/C18H17BrO2/c19-17-7-2-1-6-15(17)16(18(20)21)11-12-8-9-13-4-3-5-14(13)10-12/h1-2,6-10,16H,3-5,11H2,(H,20,21). The van der Waals surface area contributed by atoms with Gasteiger partial charge in [0.25, 0.3) is 0 Å². The minimum absolute atomic E-state index is 0.514. The molecule has 0 radical (unpaired) electrons. The molecule has 1 atom stereocenters. The van der Waals surface area contributed by atoms with Crippen LogP contribution >= 0.6 is 15.9 Å². The number of carboxylic acids is 1. The number of benzene rings is 2. The smallest absolute Gasteiger partial charge is 0.311 e. The lowest BCUT2D eigenvalue weighted by Crippen LogP contribution is -2.15. The molecule has 0 amide bonds. The number of fused-ring (bicyclic) bond motifs is 1. The monoisotopic (exact) mass is 344 g/mol. The fraction of sp³-hybridized carbons (Fsp3) is 0.278. The Morgan fingerprint density at radius 2 is 1.90 bits per heavy atom. The normalized spacial score (nSPS) is 14.7. The third-order valence-electron chi connectivity index (χ3n) is 4.18. The molecular weight excluding hydrogens is 328 g/mol. The van der Waals surface area contributed by atoms with Crippen molar-refractivity contribution in [2.75, 3.05) is 0 Å². The van der Waals surface area contributed by atoms with Crippen LogP contribution in [0.2, 0.25) is 0 Å². The molecule has 1 N–H and O–H groups in total. The van der Waals surface area contributed by atoms with Gasteiger partial charge < -0.3 is 5.11 Å². The van der Waals surface area contributed by atoms with Crippen molar-refractivity contribution in [3.63, 3.8) is 0 Å². The van der Waals surface area contributed by atoms with Crippen molar-refractivity contribution in [2.45, 2.75) is 31.6 Å². The van der Waals surface area contributed by atoms with Crippen molar-refractivity contribution in [1.29, 1.82) is 0 Å². The van der Waals surface area contributed by atoms with Crippen LogP contribution in [0, 0.1) is 0 Å². The van der Waals surface area contributed by atoms with Gasteiger partial charge in [-0.25, -0.2) is 0 Å². The van der Waals surface area contributed by atoms with Crippen LogP contribution in [0.25, 0.3) is 0 Å². The molecule has 2 aromatic rings. The third-order valence-corrected chi connectivity index (χ3v) is 4.90. The van der Waals surface area contributed by atoms with Gasteiger partial charge in [0.2, 0.25) is 0 Å². The first-order valence-electron chi connectivity index (χ1n) is 7.23. The largest absolute Gasteiger partial charge is 0.481 e. The van der Waals surface area contributed by atoms with Gasteiger partial charge in [-0.3, -0.25) is 4.79 Å². The van der Waals surface area contributed by atoms with Gasteiger partial charge in [0.15, 0.2) is 0 Å². The first-order chi connectivity index (χ1) is 10.1. The number of aliphatic carboxylic acids is 1. The zero-order valence-electron chi connectivity index (χ0n) is 11.7. The second-order valence-electron chi connectivity index (χ2n) is 5.57. The molecular formula is C18H17BrO2. The lowest BCUT2D eigenvalue weighted by Gasteiger charge is -2.15. The van der Waals surface area contributed by atoms with Crippen LogP contribution in [0.1, 0.15) is 34.6 Å². The average molecular weight is 345 g/mol. The van der Waals surface area contributed by atoms with Gasteiger partial charge in [-0.15, -0.1) is 0 Å². The molecule has 0 spiro atoms. The van der Waals surface area contributed by atoms with E-state index < -0.39 is 11.9 Å². The first kappa shape index (κ1) is 14.3. The van der Waals surface area contributed by atoms with Crippen molar-refractivity contribution in [1.82, 2.24) is 0 Å². The van der Waals surface area contributed by atoms with E-state index in [0.29, 0.717) is 6.42 Å². The van der Waals surface area contributed by atoms with Gasteiger partial charge in [-0.05, 0) is 54.0 Å². The molecule has 0 bridgehead atoms. The van der Waals surface area contributed by atoms with Crippen molar-refractivity contribution in [2.24, 2.45) is 0 Å². The number of rotatable bonds is 4. The summed E-state index contributed by atoms with van der Waals surface area (Å²) in [6.45, 7) is 0. The van der Waals surface area contributed by atoms with E-state index >= 15 is 0 Å². The number of aryl methyl sites for hydroxylation is 2. The molecule has 0 aromatic heterocycles. The van der Waals surface area contributed by atoms with Crippen LogP contribution in [0.3, 0.4) is 0 Å². The highest BCUT2D eigenvalue weighted by Gasteiger charge is 2.23. The van der Waals surface area contributed by atoms with Gasteiger partial charge in [-0.2, -0.15) is 0 Å². The summed E-state index contributed by atoms with van der Waals surface area (Å²) in [5, 5.41) is 9.59. The molecule has 108 valence electrons. The summed E-state index contributed by atoms with van der Waals surface area (Å²) in [6.07, 6.45) is 4.02. The summed E-state index contributed by atoms with van der Waals surface area (Å²) in [5.41, 5.74) is 4.76. The number of carbonyl (C=O) groups is 1. The van der Waals surface area contributed by atoms with Crippen LogP contribution in [0.15, 0.2) is 46.9 Å². The van der Waals surface area contributed by atoms with Crippen LogP contribution in [-0.2, 0) is 24.1 Å². The molecule has 2 nitrogen and oxygen atoms in total. The lowest BCUT2D eigenvalue weighted by molar-refractivity contribution is -0.138. The Hall–Kier alpha value is -1.61. The summed E-state index contributed by atoms with van der Waals surface area (Å²) < 4.78 is 0.860. The van der Waals surface area contributed by atoms with Crippen molar-refractivity contribution in [3.05, 3.63) is 69.2 Å². The van der Waals surface area contributed by atoms with Crippen molar-refractivity contribution < 1.29 is 9.90 Å². The Morgan fingerprint density at radius 1 is 1.14 bits per heavy atom. The summed E-state index contributed by atoms with van der Waals surface area (Å²) in [5.74, 6) is -1.29. The van der Waals surface area contributed by atoms with Crippen LogP contribution < -0.4 is 0 Å². The maximum absolute atomic E-state index is 11.7. The second-order valence-corrected chi connectivity index (χ2v) is 6.43. The van der Waals surface area contributed by atoms with Gasteiger partial charge in [0, 0.05) is 4.47 Å². The van der Waals surface area contributed by atoms with E-state index in [1.807, 2.05) is 24.3 Å². The zero-order valence-corrected chi connectivity index (χ0v) is 13.3. The SMILES string of the molecule is O=C(O)C(Cc1ccc2c(c1)CCC2)c1ccccc1Br. The average Bonchev–Trinajstić information content (AvgIpc) is 2.93. The van der Waals surface area contributed by atoms with E-state index in [9.17, 15) is 9.90 Å². The molecule has 0 fully saturated rings. The van der Waals surface area contributed by atoms with Gasteiger partial charge in [-0.1, -0.05) is 52.3 Å². The number of hydrogen-bond donors (Lipinski definition) is 1. The topological polar surface area (TPSA) is 37.3 Å². The fourth-order valence-corrected chi connectivity index (χ4v) is 3.64. The first-order valence-corrected chi connectivity index (χ1v) is 8.02. The summed E-state index contributed by atoms with van der Waals surface area (Å²) in [6, 6.07) is 14.0. The highest BCUT2D eigenvalue weighted by Crippen LogP contribution is 2.30. The molecule has 0 aliphatic heterocycles. The van der Waals surface area contributed by atoms with E-state index in [1.165, 1.54) is 17.5 Å². The number of halogens is 1. The Bertz CT molecular complexity index is 679. The zero-order chi connectivity index (χ0) is 14.8. The van der Waals surface area contributed by atoms with E-state index in [1.54, 1.807) is 0 Å². The molecule has 3 heteroatoms. The Labute approximate surface area is 132 Å². The highest BCUT2D eigenvalue weighted by atomic mass is 79.9. The van der Waals surface area contributed by atoms with E-state index in [-0.39, 0.29) is 0 Å². The summed E-state index contributed by atoms with van der Waals surface area (Å²) in [7, 11) is 0. The quantitative estimate of drug-likeness (QED) is 0.895. The van der Waals surface area contributed by atoms with Crippen LogP contribution in [-0.4, -0.2) is 11.1 Å². The minimum atomic E-state index is -0.776. The summed E-state index contributed by atoms with van der Waals surface area (Å²) in [4.78, 5) is 11.7. The second kappa shape index (κ2) is 6.02. The molecule has 1 aliphatic rings. The molecule has 0 saturated heterocycles. The molecule has 1 unspecified atom stereocenters. The van der Waals surface area contributed by atoms with E-state index in [2.05, 4.69) is 34.1 Å². The predicted molar refractivity (Wildman–Crippen MR) is 86.7 cm³/mol. The highest BCUT2D eigenvalue weighted by molar-refractivity contribution is 9.10. The van der Waals surface area contributed by atoms with Crippen LogP contribution in [0.4, 0.5) is 0 Å². The lowest BCUT2D eigenvalue weighted by atomic mass is 9.91. The Kier molecular flexibility index (Phi) is 4.11. The minimum Gasteiger partial charge on any atom is -0.481 e. The third kappa shape index (κ3) is 3.03.